The fourth-order valence-corrected chi connectivity index (χ4v) is 6.02. The summed E-state index contributed by atoms with van der Waals surface area (Å²) in [6.45, 7) is 0. The maximum Gasteiger partial charge on any atom is 0.143 e. The second kappa shape index (κ2) is 11.3. The summed E-state index contributed by atoms with van der Waals surface area (Å²) < 4.78 is 160. The summed E-state index contributed by atoms with van der Waals surface area (Å²) >= 11 is 0. The van der Waals surface area contributed by atoms with E-state index in [4.69, 9.17) is 16.8 Å². The average Bonchev–Trinajstić information content (AvgIpc) is 3.66. The van der Waals surface area contributed by atoms with Crippen LogP contribution in [0.5, 0.6) is 0 Å². The molecular weight excluding hydrogens is 569 g/mol. The van der Waals surface area contributed by atoms with E-state index >= 15 is 0 Å². The second-order valence-electron chi connectivity index (χ2n) is 10.7. The molecule has 1 heterocycles. The normalized spacial score (nSPS) is 16.5. The lowest BCUT2D eigenvalue weighted by Gasteiger charge is -2.18. The average molecular weight is 616 g/mol. The molecule has 47 heavy (non-hydrogen) atoms. The molecule has 0 aliphatic rings. The van der Waals surface area contributed by atoms with Crippen molar-refractivity contribution in [1.29, 1.82) is 0 Å². The maximum absolute atomic E-state index is 9.53. The SMILES string of the molecule is [2H]c1c([2H])c([2H])c(-c2ccc3oc(-c4c([2H])c([2H])c(-c5ccccc5)c([2H])c4[2H])c(-c4c5c([2H])c([2H])c([2H])c([2H])c5c(-c5ccccc5)c5c([2H])c([2H])c([2H])c([2H])c45)c3c2)c([2H])c1[2H]. The van der Waals surface area contributed by atoms with Gasteiger partial charge in [0, 0.05) is 22.1 Å². The van der Waals surface area contributed by atoms with E-state index < -0.39 is 103 Å². The summed E-state index contributed by atoms with van der Waals surface area (Å²) in [5, 5.41) is -0.693. The van der Waals surface area contributed by atoms with Crippen LogP contribution in [0.4, 0.5) is 0 Å². The summed E-state index contributed by atoms with van der Waals surface area (Å²) in [5.41, 5.74) is -0.143. The fraction of sp³-hybridized carbons (Fsp3) is 0. The standard InChI is InChI=1S/C46H30O/c1-4-14-31(15-5-1)33-24-26-35(27-25-33)46-45(41-30-36(28-29-42(41)47-46)32-16-6-2-7-17-32)44-39-22-12-10-20-37(39)43(34-18-8-3-9-19-34)38-21-11-13-23-40(38)44/h1-30H/i2D,6D,7D,10D,11D,12D,13D,16D,17D,20D,21D,22D,23D,24D,25D,26D,27D. The molecule has 0 saturated heterocycles. The van der Waals surface area contributed by atoms with Crippen LogP contribution in [0, 0.1) is 0 Å². The molecule has 0 bridgehead atoms. The van der Waals surface area contributed by atoms with Crippen molar-refractivity contribution in [2.24, 2.45) is 0 Å². The Labute approximate surface area is 297 Å². The lowest BCUT2D eigenvalue weighted by molar-refractivity contribution is 0.632. The van der Waals surface area contributed by atoms with Gasteiger partial charge in [-0.25, -0.2) is 0 Å². The number of benzene rings is 8. The van der Waals surface area contributed by atoms with Gasteiger partial charge in [-0.3, -0.25) is 0 Å². The van der Waals surface area contributed by atoms with Crippen molar-refractivity contribution in [2.45, 2.75) is 0 Å². The zero-order valence-electron chi connectivity index (χ0n) is 41.4. The molecule has 0 spiro atoms. The van der Waals surface area contributed by atoms with Crippen molar-refractivity contribution in [2.75, 3.05) is 0 Å². The number of rotatable bonds is 5. The first kappa shape index (κ1) is 14.9. The van der Waals surface area contributed by atoms with Crippen molar-refractivity contribution in [3.8, 4) is 55.8 Å². The minimum Gasteiger partial charge on any atom is -0.455 e. The topological polar surface area (TPSA) is 13.1 Å². The lowest BCUT2D eigenvalue weighted by Crippen LogP contribution is -1.91. The van der Waals surface area contributed by atoms with Crippen LogP contribution in [0.1, 0.15) is 23.3 Å². The van der Waals surface area contributed by atoms with E-state index in [2.05, 4.69) is 0 Å². The molecule has 9 rings (SSSR count). The van der Waals surface area contributed by atoms with Crippen LogP contribution in [-0.4, -0.2) is 0 Å². The third-order valence-electron chi connectivity index (χ3n) is 8.08. The molecule has 1 aromatic heterocycles. The van der Waals surface area contributed by atoms with Gasteiger partial charge in [0.25, 0.3) is 0 Å². The van der Waals surface area contributed by atoms with Gasteiger partial charge < -0.3 is 4.42 Å². The van der Waals surface area contributed by atoms with Gasteiger partial charge in [0.05, 0.1) is 23.3 Å². The van der Waals surface area contributed by atoms with Crippen molar-refractivity contribution < 1.29 is 27.7 Å². The van der Waals surface area contributed by atoms with Gasteiger partial charge in [-0.05, 0) is 67.1 Å². The molecule has 8 aromatic carbocycles. The summed E-state index contributed by atoms with van der Waals surface area (Å²) in [6, 6.07) is 10.9. The van der Waals surface area contributed by atoms with Gasteiger partial charge in [-0.1, -0.05) is 169 Å². The minimum atomic E-state index is -0.691. The van der Waals surface area contributed by atoms with Crippen molar-refractivity contribution in [3.05, 3.63) is 182 Å². The predicted octanol–water partition coefficient (Wildman–Crippen LogP) is 13.1. The van der Waals surface area contributed by atoms with E-state index in [9.17, 15) is 11.0 Å². The summed E-state index contributed by atoms with van der Waals surface area (Å²) in [7, 11) is 0. The number of fused-ring (bicyclic) bond motifs is 3. The van der Waals surface area contributed by atoms with Crippen LogP contribution < -0.4 is 0 Å². The predicted molar refractivity (Wildman–Crippen MR) is 198 cm³/mol. The molecule has 0 radical (unpaired) electrons. The number of furan rings is 1. The highest BCUT2D eigenvalue weighted by Gasteiger charge is 2.24. The molecule has 0 fully saturated rings. The van der Waals surface area contributed by atoms with E-state index in [-0.39, 0.29) is 77.2 Å². The molecule has 0 unspecified atom stereocenters. The Kier molecular flexibility index (Phi) is 3.60. The Hall–Kier alpha value is -6.18. The molecule has 1 nitrogen and oxygen atoms in total. The molecule has 0 N–H and O–H groups in total. The Morgan fingerprint density at radius 1 is 0.340 bits per heavy atom. The summed E-state index contributed by atoms with van der Waals surface area (Å²) in [4.78, 5) is 0. The van der Waals surface area contributed by atoms with Crippen molar-refractivity contribution >= 4 is 32.5 Å². The molecule has 0 aliphatic carbocycles. The Morgan fingerprint density at radius 3 is 1.47 bits per heavy atom. The Morgan fingerprint density at radius 2 is 0.851 bits per heavy atom. The molecule has 0 amide bonds. The highest BCUT2D eigenvalue weighted by molar-refractivity contribution is 6.25. The van der Waals surface area contributed by atoms with Crippen LogP contribution in [0.25, 0.3) is 88.3 Å². The minimum absolute atomic E-state index is 0.0137. The summed E-state index contributed by atoms with van der Waals surface area (Å²) in [6.07, 6.45) is 0. The number of hydrogen-bond donors (Lipinski definition) is 0. The monoisotopic (exact) mass is 615 g/mol. The molecule has 9 aromatic rings. The third-order valence-corrected chi connectivity index (χ3v) is 8.08. The van der Waals surface area contributed by atoms with Gasteiger partial charge in [0.15, 0.2) is 0 Å². The molecular formula is C46H30O. The highest BCUT2D eigenvalue weighted by atomic mass is 16.3. The van der Waals surface area contributed by atoms with E-state index in [1.165, 1.54) is 18.2 Å². The zero-order valence-corrected chi connectivity index (χ0v) is 24.4. The Bertz CT molecular complexity index is 3370. The zero-order chi connectivity index (χ0) is 46.0. The van der Waals surface area contributed by atoms with Crippen LogP contribution >= 0.6 is 0 Å². The maximum atomic E-state index is 9.53. The van der Waals surface area contributed by atoms with Gasteiger partial charge in [0.1, 0.15) is 11.3 Å². The first-order chi connectivity index (χ1) is 30.4. The molecule has 0 saturated carbocycles. The van der Waals surface area contributed by atoms with E-state index in [0.717, 1.165) is 0 Å². The quantitative estimate of drug-likeness (QED) is 0.176. The summed E-state index contributed by atoms with van der Waals surface area (Å²) in [5.74, 6) is -0.361. The van der Waals surface area contributed by atoms with Crippen LogP contribution in [0.2, 0.25) is 0 Å². The number of hydrogen-bond acceptors (Lipinski definition) is 1. The fourth-order valence-electron chi connectivity index (χ4n) is 6.02. The molecule has 0 aliphatic heterocycles. The van der Waals surface area contributed by atoms with Gasteiger partial charge in [-0.2, -0.15) is 0 Å². The largest absolute Gasteiger partial charge is 0.455 e. The van der Waals surface area contributed by atoms with Crippen LogP contribution in [-0.2, 0) is 0 Å². The highest BCUT2D eigenvalue weighted by Crippen LogP contribution is 2.50. The smallest absolute Gasteiger partial charge is 0.143 e. The second-order valence-corrected chi connectivity index (χ2v) is 10.7. The first-order valence-electron chi connectivity index (χ1n) is 23.2. The third kappa shape index (κ3) is 4.64. The van der Waals surface area contributed by atoms with E-state index in [1.54, 1.807) is 60.7 Å². The van der Waals surface area contributed by atoms with Crippen molar-refractivity contribution in [3.63, 3.8) is 0 Å². The molecule has 0 atom stereocenters. The molecule has 220 valence electrons. The van der Waals surface area contributed by atoms with Crippen molar-refractivity contribution in [1.82, 2.24) is 0 Å². The lowest BCUT2D eigenvalue weighted by atomic mass is 9.84. The van der Waals surface area contributed by atoms with Gasteiger partial charge in [0.2, 0.25) is 0 Å². The van der Waals surface area contributed by atoms with Gasteiger partial charge >= 0.3 is 0 Å². The van der Waals surface area contributed by atoms with Gasteiger partial charge in [-0.15, -0.1) is 0 Å². The first-order valence-corrected chi connectivity index (χ1v) is 14.7. The van der Waals surface area contributed by atoms with Crippen LogP contribution in [0.3, 0.4) is 0 Å². The Balaban J connectivity index is 1.59. The van der Waals surface area contributed by atoms with E-state index in [1.807, 2.05) is 0 Å². The van der Waals surface area contributed by atoms with Crippen LogP contribution in [0.15, 0.2) is 186 Å². The molecule has 1 heteroatoms. The van der Waals surface area contributed by atoms with E-state index in [0.29, 0.717) is 11.1 Å².